The van der Waals surface area contributed by atoms with E-state index in [0.717, 1.165) is 41.1 Å². The molecule has 0 spiro atoms. The first-order valence-corrected chi connectivity index (χ1v) is 10.5. The van der Waals surface area contributed by atoms with Crippen LogP contribution in [-0.4, -0.2) is 34.9 Å². The van der Waals surface area contributed by atoms with E-state index in [1.165, 1.54) is 0 Å². The number of fused-ring (bicyclic) bond motifs is 1. The quantitative estimate of drug-likeness (QED) is 0.479. The van der Waals surface area contributed by atoms with Gasteiger partial charge < -0.3 is 19.9 Å². The number of aromatic amines is 1. The van der Waals surface area contributed by atoms with Crippen LogP contribution in [0.4, 0.5) is 11.4 Å². The number of H-pyrrole nitrogens is 1. The summed E-state index contributed by atoms with van der Waals surface area (Å²) in [5, 5.41) is 2.83. The van der Waals surface area contributed by atoms with Gasteiger partial charge in [0.1, 0.15) is 11.6 Å². The molecule has 160 valence electrons. The van der Waals surface area contributed by atoms with Gasteiger partial charge in [0.25, 0.3) is 5.91 Å². The SMILES string of the molecule is O=C(COc1ccc(N2CCCC2=O)cc1)Nc1ccc(-c2nc3ccccc3[nH]2)cc1. The highest BCUT2D eigenvalue weighted by molar-refractivity contribution is 5.95. The first-order chi connectivity index (χ1) is 15.7. The average Bonchev–Trinajstić information content (AvgIpc) is 3.45. The number of anilines is 2. The summed E-state index contributed by atoms with van der Waals surface area (Å²) in [7, 11) is 0. The van der Waals surface area contributed by atoms with E-state index >= 15 is 0 Å². The van der Waals surface area contributed by atoms with Crippen molar-refractivity contribution in [2.75, 3.05) is 23.4 Å². The number of rotatable bonds is 6. The van der Waals surface area contributed by atoms with E-state index in [-0.39, 0.29) is 18.4 Å². The largest absolute Gasteiger partial charge is 0.484 e. The molecule has 5 rings (SSSR count). The monoisotopic (exact) mass is 426 g/mol. The van der Waals surface area contributed by atoms with Crippen LogP contribution in [0.25, 0.3) is 22.4 Å². The molecule has 1 fully saturated rings. The normalized spacial score (nSPS) is 13.5. The van der Waals surface area contributed by atoms with Crippen LogP contribution >= 0.6 is 0 Å². The van der Waals surface area contributed by atoms with E-state index in [9.17, 15) is 9.59 Å². The summed E-state index contributed by atoms with van der Waals surface area (Å²) >= 11 is 0. The fourth-order valence-electron chi connectivity index (χ4n) is 3.79. The molecule has 0 radical (unpaired) electrons. The number of ether oxygens (including phenoxy) is 1. The molecule has 0 saturated carbocycles. The number of amides is 2. The van der Waals surface area contributed by atoms with E-state index in [1.54, 1.807) is 17.0 Å². The molecule has 4 aromatic rings. The van der Waals surface area contributed by atoms with Crippen molar-refractivity contribution in [3.05, 3.63) is 72.8 Å². The Hall–Kier alpha value is -4.13. The molecule has 2 amide bonds. The molecule has 3 aromatic carbocycles. The molecule has 1 aliphatic heterocycles. The lowest BCUT2D eigenvalue weighted by molar-refractivity contribution is -0.118. The number of nitrogens with one attached hydrogen (secondary N) is 2. The predicted octanol–water partition coefficient (Wildman–Crippen LogP) is 4.37. The molecule has 1 aromatic heterocycles. The summed E-state index contributed by atoms with van der Waals surface area (Å²) in [6, 6.07) is 22.6. The van der Waals surface area contributed by atoms with Crippen molar-refractivity contribution in [2.45, 2.75) is 12.8 Å². The highest BCUT2D eigenvalue weighted by Gasteiger charge is 2.21. The molecule has 0 aliphatic carbocycles. The van der Waals surface area contributed by atoms with E-state index in [4.69, 9.17) is 4.74 Å². The lowest BCUT2D eigenvalue weighted by Crippen LogP contribution is -2.23. The van der Waals surface area contributed by atoms with Gasteiger partial charge in [0.2, 0.25) is 5.91 Å². The maximum Gasteiger partial charge on any atom is 0.262 e. The van der Waals surface area contributed by atoms with Crippen molar-refractivity contribution in [2.24, 2.45) is 0 Å². The minimum absolute atomic E-state index is 0.104. The van der Waals surface area contributed by atoms with Gasteiger partial charge in [0.05, 0.1) is 11.0 Å². The Morgan fingerprint density at radius 2 is 1.81 bits per heavy atom. The van der Waals surface area contributed by atoms with Crippen LogP contribution in [-0.2, 0) is 9.59 Å². The van der Waals surface area contributed by atoms with E-state index in [0.29, 0.717) is 17.9 Å². The fraction of sp³-hybridized carbons (Fsp3) is 0.160. The lowest BCUT2D eigenvalue weighted by atomic mass is 10.2. The van der Waals surface area contributed by atoms with Gasteiger partial charge in [0.15, 0.2) is 6.61 Å². The number of benzene rings is 3. The second-order valence-corrected chi connectivity index (χ2v) is 7.66. The third kappa shape index (κ3) is 4.18. The minimum Gasteiger partial charge on any atom is -0.484 e. The zero-order chi connectivity index (χ0) is 21.9. The Morgan fingerprint density at radius 1 is 1.03 bits per heavy atom. The molecule has 32 heavy (non-hydrogen) atoms. The third-order valence-electron chi connectivity index (χ3n) is 5.42. The van der Waals surface area contributed by atoms with Crippen LogP contribution in [0, 0.1) is 0 Å². The van der Waals surface area contributed by atoms with E-state index in [2.05, 4.69) is 15.3 Å². The van der Waals surface area contributed by atoms with Crippen LogP contribution in [0.15, 0.2) is 72.8 Å². The predicted molar refractivity (Wildman–Crippen MR) is 124 cm³/mol. The summed E-state index contributed by atoms with van der Waals surface area (Å²) in [4.78, 5) is 33.7. The molecule has 0 unspecified atom stereocenters. The van der Waals surface area contributed by atoms with Crippen molar-refractivity contribution in [3.8, 4) is 17.1 Å². The molecule has 2 heterocycles. The van der Waals surface area contributed by atoms with Gasteiger partial charge in [-0.15, -0.1) is 0 Å². The summed E-state index contributed by atoms with van der Waals surface area (Å²) in [5.41, 5.74) is 4.37. The topological polar surface area (TPSA) is 87.3 Å². The summed E-state index contributed by atoms with van der Waals surface area (Å²) in [6.07, 6.45) is 1.48. The number of para-hydroxylation sites is 2. The standard InChI is InChI=1S/C25H22N4O3/c30-23(16-32-20-13-11-19(12-14-20)29-15-3-6-24(29)31)26-18-9-7-17(8-10-18)25-27-21-4-1-2-5-22(21)28-25/h1-2,4-5,7-14H,3,6,15-16H2,(H,26,30)(H,27,28). The number of carbonyl (C=O) groups is 2. The number of hydrogen-bond donors (Lipinski definition) is 2. The van der Waals surface area contributed by atoms with Gasteiger partial charge in [-0.3, -0.25) is 9.59 Å². The maximum absolute atomic E-state index is 12.3. The fourth-order valence-corrected chi connectivity index (χ4v) is 3.79. The van der Waals surface area contributed by atoms with Crippen LogP contribution in [0.2, 0.25) is 0 Å². The van der Waals surface area contributed by atoms with Gasteiger partial charge in [-0.1, -0.05) is 12.1 Å². The molecular weight excluding hydrogens is 404 g/mol. The minimum atomic E-state index is -0.250. The number of hydrogen-bond acceptors (Lipinski definition) is 4. The Labute approximate surface area is 185 Å². The zero-order valence-electron chi connectivity index (χ0n) is 17.4. The number of carbonyl (C=O) groups excluding carboxylic acids is 2. The second-order valence-electron chi connectivity index (χ2n) is 7.66. The third-order valence-corrected chi connectivity index (χ3v) is 5.42. The summed E-state index contributed by atoms with van der Waals surface area (Å²) < 4.78 is 5.58. The van der Waals surface area contributed by atoms with Crippen molar-refractivity contribution in [1.82, 2.24) is 9.97 Å². The van der Waals surface area contributed by atoms with Gasteiger partial charge >= 0.3 is 0 Å². The first kappa shape index (κ1) is 19.8. The molecule has 2 N–H and O–H groups in total. The van der Waals surface area contributed by atoms with Crippen molar-refractivity contribution in [1.29, 1.82) is 0 Å². The van der Waals surface area contributed by atoms with Crippen LogP contribution in [0.3, 0.4) is 0 Å². The number of aromatic nitrogens is 2. The summed E-state index contributed by atoms with van der Waals surface area (Å²) in [6.45, 7) is 0.643. The number of imidazole rings is 1. The Morgan fingerprint density at radius 3 is 2.53 bits per heavy atom. The van der Waals surface area contributed by atoms with Crippen molar-refractivity contribution >= 4 is 34.2 Å². The average molecular weight is 426 g/mol. The zero-order valence-corrected chi connectivity index (χ0v) is 17.4. The van der Waals surface area contributed by atoms with Crippen LogP contribution < -0.4 is 15.0 Å². The Balaban J connectivity index is 1.16. The molecular formula is C25H22N4O3. The molecule has 7 nitrogen and oxygen atoms in total. The van der Waals surface area contributed by atoms with Gasteiger partial charge in [0, 0.05) is 29.9 Å². The van der Waals surface area contributed by atoms with Gasteiger partial charge in [-0.05, 0) is 67.1 Å². The molecule has 0 atom stereocenters. The molecule has 1 aliphatic rings. The van der Waals surface area contributed by atoms with Crippen LogP contribution in [0.5, 0.6) is 5.75 Å². The molecule has 0 bridgehead atoms. The highest BCUT2D eigenvalue weighted by atomic mass is 16.5. The van der Waals surface area contributed by atoms with E-state index < -0.39 is 0 Å². The van der Waals surface area contributed by atoms with E-state index in [1.807, 2.05) is 60.7 Å². The van der Waals surface area contributed by atoms with Gasteiger partial charge in [-0.2, -0.15) is 0 Å². The van der Waals surface area contributed by atoms with Gasteiger partial charge in [-0.25, -0.2) is 4.98 Å². The smallest absolute Gasteiger partial charge is 0.262 e. The van der Waals surface area contributed by atoms with Crippen molar-refractivity contribution in [3.63, 3.8) is 0 Å². The molecule has 7 heteroatoms. The Kier molecular flexibility index (Phi) is 5.29. The molecule has 1 saturated heterocycles. The first-order valence-electron chi connectivity index (χ1n) is 10.5. The Bertz CT molecular complexity index is 1230. The van der Waals surface area contributed by atoms with Crippen molar-refractivity contribution < 1.29 is 14.3 Å². The second kappa shape index (κ2) is 8.55. The van der Waals surface area contributed by atoms with Crippen LogP contribution in [0.1, 0.15) is 12.8 Å². The lowest BCUT2D eigenvalue weighted by Gasteiger charge is -2.16. The maximum atomic E-state index is 12.3. The summed E-state index contributed by atoms with van der Waals surface area (Å²) in [5.74, 6) is 1.26. The highest BCUT2D eigenvalue weighted by Crippen LogP contribution is 2.24. The number of nitrogens with zero attached hydrogens (tertiary/aromatic N) is 2.